The highest BCUT2D eigenvalue weighted by Gasteiger charge is 2.22. The number of nitrogens with zero attached hydrogens (tertiary/aromatic N) is 2. The molecular weight excluding hydrogens is 400 g/mol. The fourth-order valence-corrected chi connectivity index (χ4v) is 3.64. The molecule has 0 spiro atoms. The van der Waals surface area contributed by atoms with Crippen LogP contribution in [0, 0.1) is 0 Å². The van der Waals surface area contributed by atoms with Crippen molar-refractivity contribution in [2.45, 2.75) is 6.42 Å². The van der Waals surface area contributed by atoms with Crippen LogP contribution in [0.4, 0.5) is 11.4 Å². The van der Waals surface area contributed by atoms with Gasteiger partial charge in [-0.1, -0.05) is 0 Å². The number of carboxylic acid groups (broad SMARTS) is 1. The van der Waals surface area contributed by atoms with Gasteiger partial charge in [-0.25, -0.2) is 13.2 Å². The van der Waals surface area contributed by atoms with Crippen LogP contribution in [0.5, 0.6) is 0 Å². The quantitative estimate of drug-likeness (QED) is 0.446. The Kier molecular flexibility index (Phi) is 8.23. The molecule has 1 fully saturated rings. The van der Waals surface area contributed by atoms with Crippen molar-refractivity contribution in [2.24, 2.45) is 0 Å². The molecule has 1 heterocycles. The number of carbonyl (C=O) groups excluding carboxylic acids is 1. The van der Waals surface area contributed by atoms with E-state index in [1.165, 1.54) is 12.1 Å². The second-order valence-electron chi connectivity index (χ2n) is 6.87. The number of sulfonamides is 1. The minimum Gasteiger partial charge on any atom is -0.478 e. The number of carbonyl (C=O) groups is 2. The van der Waals surface area contributed by atoms with Gasteiger partial charge in [0, 0.05) is 46.4 Å². The van der Waals surface area contributed by atoms with Crippen LogP contribution in [-0.2, 0) is 19.6 Å². The standard InChI is InChI=1S/C18H28N4O6S/c1-28-11-3-6-19-17(23)13-21-7-9-22(10-8-21)16-5-4-14(18(24)25)12-15(16)20-29(2,26)27/h4-5,12,20H,3,6-11,13H2,1-2H3,(H,19,23)(H,24,25). The largest absolute Gasteiger partial charge is 0.478 e. The van der Waals surface area contributed by atoms with E-state index < -0.39 is 16.0 Å². The monoisotopic (exact) mass is 428 g/mol. The molecule has 1 amide bonds. The molecule has 0 bridgehead atoms. The molecule has 1 aromatic carbocycles. The molecule has 1 aliphatic heterocycles. The Morgan fingerprint density at radius 3 is 2.48 bits per heavy atom. The third kappa shape index (κ3) is 7.52. The third-order valence-electron chi connectivity index (χ3n) is 4.47. The first-order valence-corrected chi connectivity index (χ1v) is 11.2. The van der Waals surface area contributed by atoms with E-state index in [9.17, 15) is 23.1 Å². The van der Waals surface area contributed by atoms with Crippen molar-refractivity contribution in [3.8, 4) is 0 Å². The molecule has 162 valence electrons. The summed E-state index contributed by atoms with van der Waals surface area (Å²) < 4.78 is 30.7. The van der Waals surface area contributed by atoms with Crippen LogP contribution >= 0.6 is 0 Å². The van der Waals surface area contributed by atoms with E-state index in [0.29, 0.717) is 51.6 Å². The molecule has 29 heavy (non-hydrogen) atoms. The number of benzene rings is 1. The summed E-state index contributed by atoms with van der Waals surface area (Å²) in [6.07, 6.45) is 1.78. The van der Waals surface area contributed by atoms with E-state index in [2.05, 4.69) is 10.0 Å². The number of nitrogens with one attached hydrogen (secondary N) is 2. The maximum absolute atomic E-state index is 12.0. The van der Waals surface area contributed by atoms with Gasteiger partial charge in [-0.15, -0.1) is 0 Å². The van der Waals surface area contributed by atoms with Crippen LogP contribution in [-0.4, -0.2) is 89.5 Å². The molecule has 0 aliphatic carbocycles. The Morgan fingerprint density at radius 2 is 1.90 bits per heavy atom. The zero-order valence-electron chi connectivity index (χ0n) is 16.7. The van der Waals surface area contributed by atoms with Gasteiger partial charge in [0.15, 0.2) is 0 Å². The molecule has 0 unspecified atom stereocenters. The van der Waals surface area contributed by atoms with Gasteiger partial charge in [-0.3, -0.25) is 14.4 Å². The normalized spacial score (nSPS) is 15.2. The highest BCUT2D eigenvalue weighted by atomic mass is 32.2. The van der Waals surface area contributed by atoms with Crippen molar-refractivity contribution in [1.29, 1.82) is 0 Å². The van der Waals surface area contributed by atoms with Crippen molar-refractivity contribution in [2.75, 3.05) is 68.9 Å². The minimum absolute atomic E-state index is 0.00341. The summed E-state index contributed by atoms with van der Waals surface area (Å²) in [5.41, 5.74) is 0.851. The number of piperazine rings is 1. The lowest BCUT2D eigenvalue weighted by Crippen LogP contribution is -2.49. The van der Waals surface area contributed by atoms with Gasteiger partial charge in [0.1, 0.15) is 0 Å². The molecule has 0 radical (unpaired) electrons. The lowest BCUT2D eigenvalue weighted by Gasteiger charge is -2.36. The molecule has 1 aromatic rings. The highest BCUT2D eigenvalue weighted by Crippen LogP contribution is 2.29. The molecule has 10 nitrogen and oxygen atoms in total. The zero-order chi connectivity index (χ0) is 21.4. The number of anilines is 2. The summed E-state index contributed by atoms with van der Waals surface area (Å²) in [5, 5.41) is 12.0. The average Bonchev–Trinajstić information content (AvgIpc) is 2.64. The Morgan fingerprint density at radius 1 is 1.21 bits per heavy atom. The lowest BCUT2D eigenvalue weighted by molar-refractivity contribution is -0.122. The predicted molar refractivity (Wildman–Crippen MR) is 110 cm³/mol. The molecular formula is C18H28N4O6S. The third-order valence-corrected chi connectivity index (χ3v) is 5.06. The maximum Gasteiger partial charge on any atom is 0.335 e. The molecule has 0 aromatic heterocycles. The summed E-state index contributed by atoms with van der Waals surface area (Å²) >= 11 is 0. The van der Waals surface area contributed by atoms with Crippen molar-refractivity contribution in [3.05, 3.63) is 23.8 Å². The SMILES string of the molecule is COCCCNC(=O)CN1CCN(c2ccc(C(=O)O)cc2NS(C)(=O)=O)CC1. The number of ether oxygens (including phenoxy) is 1. The molecule has 1 aliphatic rings. The maximum atomic E-state index is 12.0. The van der Waals surface area contributed by atoms with E-state index in [4.69, 9.17) is 4.74 Å². The van der Waals surface area contributed by atoms with Crippen molar-refractivity contribution < 1.29 is 27.9 Å². The van der Waals surface area contributed by atoms with Crippen LogP contribution in [0.1, 0.15) is 16.8 Å². The van der Waals surface area contributed by atoms with E-state index in [0.717, 1.165) is 12.7 Å². The summed E-state index contributed by atoms with van der Waals surface area (Å²) in [7, 11) is -1.94. The highest BCUT2D eigenvalue weighted by molar-refractivity contribution is 7.92. The Bertz CT molecular complexity index is 822. The predicted octanol–water partition coefficient (Wildman–Crippen LogP) is 0.0310. The Labute approximate surface area is 170 Å². The van der Waals surface area contributed by atoms with Crippen LogP contribution in [0.25, 0.3) is 0 Å². The smallest absolute Gasteiger partial charge is 0.335 e. The van der Waals surface area contributed by atoms with Crippen molar-refractivity contribution in [3.63, 3.8) is 0 Å². The van der Waals surface area contributed by atoms with E-state index in [-0.39, 0.29) is 17.2 Å². The number of methoxy groups -OCH3 is 1. The molecule has 2 rings (SSSR count). The van der Waals surface area contributed by atoms with Gasteiger partial charge < -0.3 is 20.1 Å². The number of hydrogen-bond acceptors (Lipinski definition) is 7. The molecule has 0 atom stereocenters. The topological polar surface area (TPSA) is 128 Å². The van der Waals surface area contributed by atoms with Gasteiger partial charge in [0.2, 0.25) is 15.9 Å². The van der Waals surface area contributed by atoms with Gasteiger partial charge in [0.05, 0.1) is 29.7 Å². The van der Waals surface area contributed by atoms with E-state index in [1.54, 1.807) is 13.2 Å². The number of hydrogen-bond donors (Lipinski definition) is 3. The fraction of sp³-hybridized carbons (Fsp3) is 0.556. The Balaban J connectivity index is 1.97. The molecule has 0 saturated carbocycles. The fourth-order valence-electron chi connectivity index (χ4n) is 3.08. The number of amides is 1. The summed E-state index contributed by atoms with van der Waals surface area (Å²) in [5.74, 6) is -1.17. The molecule has 11 heteroatoms. The van der Waals surface area contributed by atoms with E-state index >= 15 is 0 Å². The first-order chi connectivity index (χ1) is 13.7. The second kappa shape index (κ2) is 10.4. The van der Waals surface area contributed by atoms with Gasteiger partial charge in [-0.2, -0.15) is 0 Å². The van der Waals surface area contributed by atoms with Gasteiger partial charge in [0.25, 0.3) is 0 Å². The minimum atomic E-state index is -3.56. The van der Waals surface area contributed by atoms with Crippen LogP contribution in [0.15, 0.2) is 18.2 Å². The van der Waals surface area contributed by atoms with Crippen LogP contribution < -0.4 is 14.9 Å². The second-order valence-corrected chi connectivity index (χ2v) is 8.62. The lowest BCUT2D eigenvalue weighted by atomic mass is 10.1. The number of carboxylic acids is 1. The van der Waals surface area contributed by atoms with Crippen molar-refractivity contribution >= 4 is 33.3 Å². The Hall–Kier alpha value is -2.37. The number of aromatic carboxylic acids is 1. The molecule has 3 N–H and O–H groups in total. The summed E-state index contributed by atoms with van der Waals surface area (Å²) in [4.78, 5) is 27.2. The first kappa shape index (κ1) is 22.9. The summed E-state index contributed by atoms with van der Waals surface area (Å²) in [6.45, 7) is 3.90. The zero-order valence-corrected chi connectivity index (χ0v) is 17.5. The number of rotatable bonds is 10. The average molecular weight is 429 g/mol. The van der Waals surface area contributed by atoms with Crippen LogP contribution in [0.2, 0.25) is 0 Å². The van der Waals surface area contributed by atoms with Gasteiger partial charge in [-0.05, 0) is 24.6 Å². The van der Waals surface area contributed by atoms with E-state index in [1.807, 2.05) is 9.80 Å². The molecule has 1 saturated heterocycles. The summed E-state index contributed by atoms with van der Waals surface area (Å²) in [6, 6.07) is 4.37. The van der Waals surface area contributed by atoms with Gasteiger partial charge >= 0.3 is 5.97 Å². The van der Waals surface area contributed by atoms with Crippen molar-refractivity contribution in [1.82, 2.24) is 10.2 Å². The first-order valence-electron chi connectivity index (χ1n) is 9.27. The van der Waals surface area contributed by atoms with Crippen LogP contribution in [0.3, 0.4) is 0 Å².